The lowest BCUT2D eigenvalue weighted by Gasteiger charge is -2.05. The molecule has 5 nitrogen and oxygen atoms in total. The number of nitrogen functional groups attached to an aromatic ring is 1. The van der Waals surface area contributed by atoms with Gasteiger partial charge in [-0.3, -0.25) is 10.2 Å². The zero-order chi connectivity index (χ0) is 12.7. The lowest BCUT2D eigenvalue weighted by molar-refractivity contribution is 0.0948. The lowest BCUT2D eigenvalue weighted by Crippen LogP contribution is -2.30. The summed E-state index contributed by atoms with van der Waals surface area (Å²) in [5.41, 5.74) is 8.94. The number of aromatic nitrogens is 1. The van der Waals surface area contributed by atoms with E-state index in [-0.39, 0.29) is 11.9 Å². The van der Waals surface area contributed by atoms with Gasteiger partial charge in [0.25, 0.3) is 5.91 Å². The zero-order valence-corrected chi connectivity index (χ0v) is 10.7. The molecule has 5 N–H and O–H groups in total. The highest BCUT2D eigenvalue weighted by Gasteiger charge is 2.05. The first-order chi connectivity index (χ1) is 8.13. The van der Waals surface area contributed by atoms with Crippen LogP contribution in [0.25, 0.3) is 0 Å². The Balaban J connectivity index is 2.46. The highest BCUT2D eigenvalue weighted by Crippen LogP contribution is 2.12. The summed E-state index contributed by atoms with van der Waals surface area (Å²) in [7, 11) is 0. The van der Waals surface area contributed by atoms with Crippen molar-refractivity contribution in [3.05, 3.63) is 29.6 Å². The van der Waals surface area contributed by atoms with E-state index in [1.165, 1.54) is 0 Å². The van der Waals surface area contributed by atoms with Crippen LogP contribution in [0.5, 0.6) is 0 Å². The topological polar surface area (TPSA) is 94.0 Å². The monoisotopic (exact) mass is 254 g/mol. The Morgan fingerprint density at radius 3 is 3.00 bits per heavy atom. The summed E-state index contributed by atoms with van der Waals surface area (Å²) in [6.45, 7) is 1.99. The van der Waals surface area contributed by atoms with Crippen LogP contribution < -0.4 is 17.0 Å². The van der Waals surface area contributed by atoms with Crippen molar-refractivity contribution in [2.45, 2.75) is 25.1 Å². The molecule has 1 unspecified atom stereocenters. The van der Waals surface area contributed by atoms with Gasteiger partial charge in [0.2, 0.25) is 0 Å². The minimum Gasteiger partial charge on any atom is -0.328 e. The predicted octanol–water partition coefficient (Wildman–Crippen LogP) is 0.656. The molecule has 0 aliphatic carbocycles. The minimum atomic E-state index is -0.368. The number of amides is 1. The number of rotatable bonds is 6. The molecule has 0 bridgehead atoms. The second-order valence-electron chi connectivity index (χ2n) is 3.81. The van der Waals surface area contributed by atoms with Crippen molar-refractivity contribution < 1.29 is 4.79 Å². The summed E-state index contributed by atoms with van der Waals surface area (Å²) in [6, 6.07) is 5.56. The van der Waals surface area contributed by atoms with Crippen LogP contribution in [0.15, 0.2) is 18.2 Å². The van der Waals surface area contributed by atoms with Crippen LogP contribution in [0.1, 0.15) is 29.5 Å². The smallest absolute Gasteiger partial charge is 0.283 e. The molecule has 0 aromatic carbocycles. The zero-order valence-electron chi connectivity index (χ0n) is 9.85. The molecule has 0 aliphatic heterocycles. The maximum absolute atomic E-state index is 11.3. The lowest BCUT2D eigenvalue weighted by atomic mass is 10.3. The van der Waals surface area contributed by atoms with Crippen molar-refractivity contribution >= 4 is 17.7 Å². The minimum absolute atomic E-state index is 0.227. The molecule has 0 radical (unpaired) electrons. The van der Waals surface area contributed by atoms with E-state index >= 15 is 0 Å². The van der Waals surface area contributed by atoms with Gasteiger partial charge in [-0.15, -0.1) is 0 Å². The number of hydrazine groups is 1. The number of carbonyl (C=O) groups excluding carboxylic acids is 1. The van der Waals surface area contributed by atoms with Gasteiger partial charge in [0, 0.05) is 11.8 Å². The fourth-order valence-corrected chi connectivity index (χ4v) is 2.26. The van der Waals surface area contributed by atoms with Gasteiger partial charge in [0.05, 0.1) is 5.69 Å². The Labute approximate surface area is 105 Å². The molecule has 0 saturated heterocycles. The molecule has 0 saturated carbocycles. The van der Waals surface area contributed by atoms with Gasteiger partial charge in [-0.1, -0.05) is 6.07 Å². The standard InChI is InChI=1S/C11H18N4OS/c1-8(12)5-6-17-7-9-3-2-4-10(14-9)11(16)15-13/h2-4,8H,5-7,12-13H2,1H3,(H,15,16). The Morgan fingerprint density at radius 2 is 2.35 bits per heavy atom. The molecule has 1 aromatic heterocycles. The van der Waals surface area contributed by atoms with Gasteiger partial charge in [-0.25, -0.2) is 10.8 Å². The van der Waals surface area contributed by atoms with E-state index in [0.29, 0.717) is 5.69 Å². The third-order valence-corrected chi connectivity index (χ3v) is 3.16. The Bertz CT molecular complexity index is 370. The number of carbonyl (C=O) groups is 1. The molecular weight excluding hydrogens is 236 g/mol. The Hall–Kier alpha value is -1.11. The summed E-state index contributed by atoms with van der Waals surface area (Å²) in [5.74, 6) is 6.45. The second kappa shape index (κ2) is 7.26. The van der Waals surface area contributed by atoms with Gasteiger partial charge in [0.15, 0.2) is 0 Å². The van der Waals surface area contributed by atoms with E-state index < -0.39 is 0 Å². The van der Waals surface area contributed by atoms with Crippen LogP contribution in [0, 0.1) is 0 Å². The summed E-state index contributed by atoms with van der Waals surface area (Å²) >= 11 is 1.76. The van der Waals surface area contributed by atoms with E-state index in [0.717, 1.165) is 23.6 Å². The van der Waals surface area contributed by atoms with Gasteiger partial charge in [0.1, 0.15) is 5.69 Å². The molecule has 6 heteroatoms. The van der Waals surface area contributed by atoms with Crippen LogP contribution >= 0.6 is 11.8 Å². The first-order valence-electron chi connectivity index (χ1n) is 5.43. The second-order valence-corrected chi connectivity index (χ2v) is 4.91. The first-order valence-corrected chi connectivity index (χ1v) is 6.59. The van der Waals surface area contributed by atoms with E-state index in [1.807, 2.05) is 13.0 Å². The number of hydrogen-bond acceptors (Lipinski definition) is 5. The summed E-state index contributed by atoms with van der Waals surface area (Å²) in [5, 5.41) is 0. The number of nitrogens with zero attached hydrogens (tertiary/aromatic N) is 1. The largest absolute Gasteiger partial charge is 0.328 e. The molecule has 1 atom stereocenters. The van der Waals surface area contributed by atoms with Crippen molar-refractivity contribution in [3.8, 4) is 0 Å². The van der Waals surface area contributed by atoms with E-state index in [4.69, 9.17) is 11.6 Å². The third-order valence-electron chi connectivity index (χ3n) is 2.14. The molecule has 1 heterocycles. The molecule has 1 amide bonds. The fraction of sp³-hybridized carbons (Fsp3) is 0.455. The van der Waals surface area contributed by atoms with Crippen molar-refractivity contribution in [1.29, 1.82) is 0 Å². The van der Waals surface area contributed by atoms with Gasteiger partial charge >= 0.3 is 0 Å². The molecular formula is C11H18N4OS. The molecule has 0 spiro atoms. The average Bonchev–Trinajstić information content (AvgIpc) is 2.34. The third kappa shape index (κ3) is 5.16. The van der Waals surface area contributed by atoms with Crippen LogP contribution in [0.2, 0.25) is 0 Å². The van der Waals surface area contributed by atoms with Crippen molar-refractivity contribution in [3.63, 3.8) is 0 Å². The van der Waals surface area contributed by atoms with Gasteiger partial charge < -0.3 is 5.73 Å². The van der Waals surface area contributed by atoms with Crippen LogP contribution in [-0.2, 0) is 5.75 Å². The Morgan fingerprint density at radius 1 is 1.59 bits per heavy atom. The molecule has 17 heavy (non-hydrogen) atoms. The normalized spacial score (nSPS) is 12.2. The van der Waals surface area contributed by atoms with E-state index in [1.54, 1.807) is 23.9 Å². The number of thioether (sulfide) groups is 1. The van der Waals surface area contributed by atoms with Crippen LogP contribution in [0.4, 0.5) is 0 Å². The number of nitrogens with one attached hydrogen (secondary N) is 1. The van der Waals surface area contributed by atoms with Crippen LogP contribution in [-0.4, -0.2) is 22.7 Å². The molecule has 1 aromatic rings. The number of pyridine rings is 1. The summed E-state index contributed by atoms with van der Waals surface area (Å²) in [6.07, 6.45) is 0.980. The first kappa shape index (κ1) is 14.0. The van der Waals surface area contributed by atoms with E-state index in [2.05, 4.69) is 10.4 Å². The quantitative estimate of drug-likeness (QED) is 0.300. The highest BCUT2D eigenvalue weighted by atomic mass is 32.2. The van der Waals surface area contributed by atoms with Gasteiger partial charge in [-0.05, 0) is 31.2 Å². The molecule has 1 rings (SSSR count). The van der Waals surface area contributed by atoms with Crippen LogP contribution in [0.3, 0.4) is 0 Å². The van der Waals surface area contributed by atoms with Gasteiger partial charge in [-0.2, -0.15) is 11.8 Å². The Kier molecular flexibility index (Phi) is 5.96. The number of hydrogen-bond donors (Lipinski definition) is 3. The fourth-order valence-electron chi connectivity index (χ4n) is 1.21. The maximum atomic E-state index is 11.3. The van der Waals surface area contributed by atoms with E-state index in [9.17, 15) is 4.79 Å². The SMILES string of the molecule is CC(N)CCSCc1cccc(C(=O)NN)n1. The summed E-state index contributed by atoms with van der Waals surface area (Å²) < 4.78 is 0. The maximum Gasteiger partial charge on any atom is 0.283 e. The van der Waals surface area contributed by atoms with Crippen molar-refractivity contribution in [2.75, 3.05) is 5.75 Å². The number of nitrogens with two attached hydrogens (primary N) is 2. The highest BCUT2D eigenvalue weighted by molar-refractivity contribution is 7.98. The average molecular weight is 254 g/mol. The molecule has 0 aliphatic rings. The van der Waals surface area contributed by atoms with Crippen molar-refractivity contribution in [2.24, 2.45) is 11.6 Å². The summed E-state index contributed by atoms with van der Waals surface area (Å²) in [4.78, 5) is 15.5. The molecule has 94 valence electrons. The predicted molar refractivity (Wildman–Crippen MR) is 70.3 cm³/mol. The molecule has 0 fully saturated rings. The van der Waals surface area contributed by atoms with Crippen molar-refractivity contribution in [1.82, 2.24) is 10.4 Å².